The molecule has 0 spiro atoms. The molecule has 2 N–H and O–H groups in total. The van der Waals surface area contributed by atoms with Crippen molar-refractivity contribution in [3.63, 3.8) is 0 Å². The molecular weight excluding hydrogens is 244 g/mol. The standard InChI is InChI=1S/C14H22N2OS/c1-9-15-11-6-4-7-12(14(11)18-9)16-10-5-2-3-8-13(10)17/h10,12-13,16-17H,2-8H2,1H3. The summed E-state index contributed by atoms with van der Waals surface area (Å²) in [5, 5.41) is 15.0. The molecule has 18 heavy (non-hydrogen) atoms. The Bertz CT molecular complexity index is 418. The van der Waals surface area contributed by atoms with Gasteiger partial charge in [-0.1, -0.05) is 12.8 Å². The molecule has 0 bridgehead atoms. The smallest absolute Gasteiger partial charge is 0.0900 e. The number of aliphatic hydroxyl groups excluding tert-OH is 1. The first kappa shape index (κ1) is 12.6. The zero-order valence-electron chi connectivity index (χ0n) is 11.0. The highest BCUT2D eigenvalue weighted by molar-refractivity contribution is 7.11. The van der Waals surface area contributed by atoms with Crippen molar-refractivity contribution in [3.05, 3.63) is 15.6 Å². The molecule has 1 aromatic rings. The van der Waals surface area contributed by atoms with Crippen LogP contribution in [0.15, 0.2) is 0 Å². The minimum atomic E-state index is -0.154. The maximum atomic E-state index is 10.1. The number of hydrogen-bond donors (Lipinski definition) is 2. The molecule has 3 rings (SSSR count). The normalized spacial score (nSPS) is 32.2. The molecule has 1 aromatic heterocycles. The van der Waals surface area contributed by atoms with Gasteiger partial charge in [0.1, 0.15) is 0 Å². The first-order valence-electron chi connectivity index (χ1n) is 7.14. The number of aliphatic hydroxyl groups is 1. The van der Waals surface area contributed by atoms with Crippen LogP contribution in [-0.4, -0.2) is 22.2 Å². The second-order valence-electron chi connectivity index (χ2n) is 5.61. The molecule has 0 amide bonds. The lowest BCUT2D eigenvalue weighted by Gasteiger charge is -2.33. The zero-order valence-corrected chi connectivity index (χ0v) is 11.8. The van der Waals surface area contributed by atoms with E-state index in [9.17, 15) is 5.11 Å². The summed E-state index contributed by atoms with van der Waals surface area (Å²) in [5.41, 5.74) is 1.30. The predicted molar refractivity (Wildman–Crippen MR) is 73.9 cm³/mol. The fourth-order valence-corrected chi connectivity index (χ4v) is 4.33. The van der Waals surface area contributed by atoms with Crippen LogP contribution < -0.4 is 5.32 Å². The number of nitrogens with one attached hydrogen (secondary N) is 1. The maximum absolute atomic E-state index is 10.1. The van der Waals surface area contributed by atoms with Crippen LogP contribution in [0.4, 0.5) is 0 Å². The molecule has 1 saturated carbocycles. The van der Waals surface area contributed by atoms with E-state index in [0.29, 0.717) is 6.04 Å². The molecule has 0 aliphatic heterocycles. The summed E-state index contributed by atoms with van der Waals surface area (Å²) in [5.74, 6) is 0. The van der Waals surface area contributed by atoms with Crippen molar-refractivity contribution in [2.75, 3.05) is 0 Å². The Morgan fingerprint density at radius 2 is 2.06 bits per heavy atom. The van der Waals surface area contributed by atoms with E-state index in [-0.39, 0.29) is 12.1 Å². The molecule has 3 unspecified atom stereocenters. The van der Waals surface area contributed by atoms with E-state index in [4.69, 9.17) is 0 Å². The Balaban J connectivity index is 1.73. The quantitative estimate of drug-likeness (QED) is 0.865. The van der Waals surface area contributed by atoms with Gasteiger partial charge in [0, 0.05) is 17.0 Å². The highest BCUT2D eigenvalue weighted by Crippen LogP contribution is 2.35. The molecule has 3 atom stereocenters. The Morgan fingerprint density at radius 3 is 2.89 bits per heavy atom. The number of hydrogen-bond acceptors (Lipinski definition) is 4. The molecule has 1 fully saturated rings. The second-order valence-corrected chi connectivity index (χ2v) is 6.85. The van der Waals surface area contributed by atoms with Crippen molar-refractivity contribution in [1.82, 2.24) is 10.3 Å². The van der Waals surface area contributed by atoms with Gasteiger partial charge in [0.05, 0.1) is 16.8 Å². The molecule has 100 valence electrons. The lowest BCUT2D eigenvalue weighted by Crippen LogP contribution is -2.44. The molecular formula is C14H22N2OS. The van der Waals surface area contributed by atoms with E-state index in [0.717, 1.165) is 19.3 Å². The van der Waals surface area contributed by atoms with Crippen LogP contribution in [0.3, 0.4) is 0 Å². The number of nitrogens with zero attached hydrogens (tertiary/aromatic N) is 1. The van der Waals surface area contributed by atoms with Gasteiger partial charge >= 0.3 is 0 Å². The third-order valence-electron chi connectivity index (χ3n) is 4.20. The summed E-state index contributed by atoms with van der Waals surface area (Å²) < 4.78 is 0. The minimum Gasteiger partial charge on any atom is -0.392 e. The van der Waals surface area contributed by atoms with Crippen molar-refractivity contribution in [2.45, 2.75) is 70.1 Å². The number of aromatic nitrogens is 1. The predicted octanol–water partition coefficient (Wildman–Crippen LogP) is 2.72. The Labute approximate surface area is 113 Å². The van der Waals surface area contributed by atoms with E-state index < -0.39 is 0 Å². The van der Waals surface area contributed by atoms with Crippen molar-refractivity contribution >= 4 is 11.3 Å². The van der Waals surface area contributed by atoms with Gasteiger partial charge in [-0.05, 0) is 39.0 Å². The van der Waals surface area contributed by atoms with E-state index in [1.807, 2.05) is 11.3 Å². The van der Waals surface area contributed by atoms with Gasteiger partial charge in [-0.25, -0.2) is 4.98 Å². The van der Waals surface area contributed by atoms with Crippen LogP contribution in [-0.2, 0) is 6.42 Å². The summed E-state index contributed by atoms with van der Waals surface area (Å²) in [6, 6.07) is 0.717. The topological polar surface area (TPSA) is 45.2 Å². The molecule has 0 aromatic carbocycles. The molecule has 2 aliphatic rings. The molecule has 0 radical (unpaired) electrons. The van der Waals surface area contributed by atoms with Crippen LogP contribution >= 0.6 is 11.3 Å². The van der Waals surface area contributed by atoms with Crippen LogP contribution in [0.2, 0.25) is 0 Å². The van der Waals surface area contributed by atoms with Gasteiger partial charge in [-0.3, -0.25) is 0 Å². The van der Waals surface area contributed by atoms with Crippen LogP contribution in [0, 0.1) is 6.92 Å². The Hall–Kier alpha value is -0.450. The molecule has 3 nitrogen and oxygen atoms in total. The summed E-state index contributed by atoms with van der Waals surface area (Å²) in [7, 11) is 0. The maximum Gasteiger partial charge on any atom is 0.0900 e. The van der Waals surface area contributed by atoms with Gasteiger partial charge in [0.15, 0.2) is 0 Å². The van der Waals surface area contributed by atoms with Crippen molar-refractivity contribution < 1.29 is 5.11 Å². The number of thiazole rings is 1. The van der Waals surface area contributed by atoms with E-state index >= 15 is 0 Å². The highest BCUT2D eigenvalue weighted by atomic mass is 32.1. The molecule has 4 heteroatoms. The van der Waals surface area contributed by atoms with Gasteiger partial charge in [0.25, 0.3) is 0 Å². The minimum absolute atomic E-state index is 0.154. The van der Waals surface area contributed by atoms with Gasteiger partial charge < -0.3 is 10.4 Å². The molecule has 2 aliphatic carbocycles. The van der Waals surface area contributed by atoms with E-state index in [1.54, 1.807) is 0 Å². The second kappa shape index (κ2) is 5.27. The summed E-state index contributed by atoms with van der Waals surface area (Å²) in [6.45, 7) is 2.09. The molecule has 0 saturated heterocycles. The zero-order chi connectivity index (χ0) is 12.5. The monoisotopic (exact) mass is 266 g/mol. The third-order valence-corrected chi connectivity index (χ3v) is 5.33. The summed E-state index contributed by atoms with van der Waals surface area (Å²) >= 11 is 1.83. The lowest BCUT2D eigenvalue weighted by molar-refractivity contribution is 0.0836. The lowest BCUT2D eigenvalue weighted by atomic mass is 9.90. The van der Waals surface area contributed by atoms with Crippen molar-refractivity contribution in [1.29, 1.82) is 0 Å². The van der Waals surface area contributed by atoms with Crippen LogP contribution in [0.5, 0.6) is 0 Å². The van der Waals surface area contributed by atoms with E-state index in [2.05, 4.69) is 17.2 Å². The van der Waals surface area contributed by atoms with Crippen LogP contribution in [0.1, 0.15) is 60.1 Å². The fraction of sp³-hybridized carbons (Fsp3) is 0.786. The number of fused-ring (bicyclic) bond motifs is 1. The Morgan fingerprint density at radius 1 is 1.22 bits per heavy atom. The van der Waals surface area contributed by atoms with Gasteiger partial charge in [0.2, 0.25) is 0 Å². The first-order valence-corrected chi connectivity index (χ1v) is 7.96. The highest BCUT2D eigenvalue weighted by Gasteiger charge is 2.29. The number of rotatable bonds is 2. The van der Waals surface area contributed by atoms with E-state index in [1.165, 1.54) is 41.3 Å². The summed E-state index contributed by atoms with van der Waals surface area (Å²) in [4.78, 5) is 6.06. The van der Waals surface area contributed by atoms with Crippen molar-refractivity contribution in [2.24, 2.45) is 0 Å². The fourth-order valence-electron chi connectivity index (χ4n) is 3.27. The SMILES string of the molecule is Cc1nc2c(s1)C(NC1CCCCC1O)CCC2. The average molecular weight is 266 g/mol. The Kier molecular flexibility index (Phi) is 3.68. The first-order chi connectivity index (χ1) is 8.74. The molecule has 1 heterocycles. The van der Waals surface area contributed by atoms with Gasteiger partial charge in [-0.2, -0.15) is 0 Å². The number of aryl methyl sites for hydroxylation is 2. The van der Waals surface area contributed by atoms with Gasteiger partial charge in [-0.15, -0.1) is 11.3 Å². The van der Waals surface area contributed by atoms with Crippen molar-refractivity contribution in [3.8, 4) is 0 Å². The average Bonchev–Trinajstić information content (AvgIpc) is 2.73. The van der Waals surface area contributed by atoms with Crippen LogP contribution in [0.25, 0.3) is 0 Å². The third kappa shape index (κ3) is 2.46. The summed E-state index contributed by atoms with van der Waals surface area (Å²) in [6.07, 6.45) is 7.88. The largest absolute Gasteiger partial charge is 0.392 e.